The van der Waals surface area contributed by atoms with Crippen LogP contribution >= 0.6 is 23.5 Å². The SMILES string of the molecule is CCOP(=O)(OCC)[C@H]1C(=O)N(O)C(=O)C1c1ccc(Br)cc1. The summed E-state index contributed by atoms with van der Waals surface area (Å²) in [4.78, 5) is 24.6. The fourth-order valence-electron chi connectivity index (χ4n) is 2.51. The van der Waals surface area contributed by atoms with Crippen molar-refractivity contribution in [3.8, 4) is 0 Å². The Labute approximate surface area is 142 Å². The summed E-state index contributed by atoms with van der Waals surface area (Å²) < 4.78 is 24.2. The van der Waals surface area contributed by atoms with E-state index >= 15 is 0 Å². The molecule has 9 heteroatoms. The van der Waals surface area contributed by atoms with Crippen LogP contribution in [0.4, 0.5) is 0 Å². The maximum Gasteiger partial charge on any atom is 0.344 e. The fraction of sp³-hybridized carbons (Fsp3) is 0.429. The van der Waals surface area contributed by atoms with Crippen LogP contribution in [0.15, 0.2) is 28.7 Å². The number of carbonyl (C=O) groups excluding carboxylic acids is 2. The third-order valence-electron chi connectivity index (χ3n) is 3.44. The Bertz CT molecular complexity index is 639. The summed E-state index contributed by atoms with van der Waals surface area (Å²) in [6, 6.07) is 6.62. The lowest BCUT2D eigenvalue weighted by Crippen LogP contribution is -2.29. The van der Waals surface area contributed by atoms with Crippen molar-refractivity contribution in [2.24, 2.45) is 0 Å². The molecule has 0 bridgehead atoms. The minimum absolute atomic E-state index is 0.00205. The van der Waals surface area contributed by atoms with Gasteiger partial charge in [0.05, 0.1) is 19.1 Å². The predicted octanol–water partition coefficient (Wildman–Crippen LogP) is 2.93. The topological polar surface area (TPSA) is 93.1 Å². The van der Waals surface area contributed by atoms with Gasteiger partial charge in [0, 0.05) is 4.47 Å². The first kappa shape index (κ1) is 18.3. The second kappa shape index (κ2) is 7.23. The number of halogens is 1. The number of nitrogens with zero attached hydrogens (tertiary/aromatic N) is 1. The Morgan fingerprint density at radius 1 is 1.13 bits per heavy atom. The average Bonchev–Trinajstić information content (AvgIpc) is 2.73. The van der Waals surface area contributed by atoms with Crippen molar-refractivity contribution in [2.75, 3.05) is 13.2 Å². The number of hydrogen-bond donors (Lipinski definition) is 1. The second-order valence-electron chi connectivity index (χ2n) is 4.84. The number of hydrogen-bond acceptors (Lipinski definition) is 6. The third-order valence-corrected chi connectivity index (χ3v) is 6.41. The van der Waals surface area contributed by atoms with Crippen molar-refractivity contribution in [2.45, 2.75) is 25.4 Å². The maximum atomic E-state index is 13.0. The van der Waals surface area contributed by atoms with Gasteiger partial charge in [-0.1, -0.05) is 28.1 Å². The highest BCUT2D eigenvalue weighted by atomic mass is 79.9. The summed E-state index contributed by atoms with van der Waals surface area (Å²) in [7, 11) is -3.92. The summed E-state index contributed by atoms with van der Waals surface area (Å²) in [5, 5.41) is 9.72. The Morgan fingerprint density at radius 3 is 2.13 bits per heavy atom. The van der Waals surface area contributed by atoms with Gasteiger partial charge in [-0.15, -0.1) is 0 Å². The molecule has 1 N–H and O–H groups in total. The summed E-state index contributed by atoms with van der Waals surface area (Å²) in [6.07, 6.45) is 0. The molecule has 1 heterocycles. The Kier molecular flexibility index (Phi) is 5.75. The van der Waals surface area contributed by atoms with E-state index in [0.717, 1.165) is 4.47 Å². The molecule has 1 aliphatic rings. The summed E-state index contributed by atoms with van der Waals surface area (Å²) >= 11 is 3.28. The van der Waals surface area contributed by atoms with Crippen LogP contribution in [-0.4, -0.2) is 41.0 Å². The van der Waals surface area contributed by atoms with Crippen LogP contribution in [0.5, 0.6) is 0 Å². The van der Waals surface area contributed by atoms with E-state index in [1.54, 1.807) is 38.1 Å². The van der Waals surface area contributed by atoms with Gasteiger partial charge in [-0.05, 0) is 31.5 Å². The van der Waals surface area contributed by atoms with Crippen molar-refractivity contribution in [3.05, 3.63) is 34.3 Å². The van der Waals surface area contributed by atoms with Crippen LogP contribution in [0, 0.1) is 0 Å². The normalized spacial score (nSPS) is 22.0. The van der Waals surface area contributed by atoms with Gasteiger partial charge in [-0.3, -0.25) is 19.4 Å². The molecule has 0 radical (unpaired) electrons. The molecule has 23 heavy (non-hydrogen) atoms. The first-order chi connectivity index (χ1) is 10.9. The fourth-order valence-corrected chi connectivity index (χ4v) is 4.94. The molecule has 1 aliphatic heterocycles. The van der Waals surface area contributed by atoms with Crippen LogP contribution in [0.25, 0.3) is 0 Å². The molecule has 0 aliphatic carbocycles. The summed E-state index contributed by atoms with van der Waals surface area (Å²) in [5.41, 5.74) is -0.950. The average molecular weight is 406 g/mol. The van der Waals surface area contributed by atoms with Crippen molar-refractivity contribution in [1.82, 2.24) is 5.06 Å². The van der Waals surface area contributed by atoms with Crippen molar-refractivity contribution in [1.29, 1.82) is 0 Å². The van der Waals surface area contributed by atoms with Gasteiger partial charge in [0.15, 0.2) is 5.66 Å². The minimum atomic E-state index is -3.92. The zero-order valence-electron chi connectivity index (χ0n) is 12.6. The van der Waals surface area contributed by atoms with E-state index in [-0.39, 0.29) is 18.3 Å². The number of carbonyl (C=O) groups is 2. The monoisotopic (exact) mass is 405 g/mol. The largest absolute Gasteiger partial charge is 0.344 e. The molecule has 0 saturated carbocycles. The first-order valence-corrected chi connectivity index (χ1v) is 9.47. The molecule has 1 unspecified atom stereocenters. The van der Waals surface area contributed by atoms with E-state index in [1.807, 2.05) is 0 Å². The molecule has 2 atom stereocenters. The van der Waals surface area contributed by atoms with E-state index in [0.29, 0.717) is 5.56 Å². The van der Waals surface area contributed by atoms with Gasteiger partial charge in [-0.25, -0.2) is 0 Å². The van der Waals surface area contributed by atoms with Gasteiger partial charge in [0.1, 0.15) is 0 Å². The van der Waals surface area contributed by atoms with Gasteiger partial charge < -0.3 is 9.05 Å². The molecular formula is C14H17BrNO6P. The standard InChI is InChI=1S/C14H17BrNO6P/c1-3-21-23(20,22-4-2)12-11(13(17)16(19)14(12)18)9-5-7-10(15)8-6-9/h5-8,11-12,19H,3-4H2,1-2H3/t11?,12-/m1/s1. The van der Waals surface area contributed by atoms with Gasteiger partial charge in [0.2, 0.25) is 0 Å². The molecule has 1 saturated heterocycles. The number of amides is 2. The number of hydroxylamine groups is 2. The Morgan fingerprint density at radius 2 is 1.65 bits per heavy atom. The lowest BCUT2D eigenvalue weighted by Gasteiger charge is -2.24. The molecule has 2 amide bonds. The highest BCUT2D eigenvalue weighted by Crippen LogP contribution is 2.60. The lowest BCUT2D eigenvalue weighted by molar-refractivity contribution is -0.171. The van der Waals surface area contributed by atoms with Crippen LogP contribution in [-0.2, 0) is 23.2 Å². The van der Waals surface area contributed by atoms with E-state index in [9.17, 15) is 19.4 Å². The van der Waals surface area contributed by atoms with Crippen LogP contribution in [0.2, 0.25) is 0 Å². The van der Waals surface area contributed by atoms with Gasteiger partial charge in [-0.2, -0.15) is 5.06 Å². The highest BCUT2D eigenvalue weighted by molar-refractivity contribution is 9.10. The van der Waals surface area contributed by atoms with Crippen molar-refractivity contribution >= 4 is 35.3 Å². The predicted molar refractivity (Wildman–Crippen MR) is 85.2 cm³/mol. The van der Waals surface area contributed by atoms with E-state index < -0.39 is 31.0 Å². The molecule has 1 aromatic rings. The maximum absolute atomic E-state index is 13.0. The molecule has 126 valence electrons. The minimum Gasteiger partial charge on any atom is -0.308 e. The Hall–Kier alpha value is -1.05. The highest BCUT2D eigenvalue weighted by Gasteiger charge is 2.58. The first-order valence-electron chi connectivity index (χ1n) is 7.06. The van der Waals surface area contributed by atoms with E-state index in [1.165, 1.54) is 0 Å². The van der Waals surface area contributed by atoms with Crippen LogP contribution in [0.3, 0.4) is 0 Å². The molecule has 1 aromatic carbocycles. The van der Waals surface area contributed by atoms with Crippen molar-refractivity contribution in [3.63, 3.8) is 0 Å². The zero-order chi connectivity index (χ0) is 17.2. The number of rotatable bonds is 6. The molecule has 1 fully saturated rings. The van der Waals surface area contributed by atoms with E-state index in [2.05, 4.69) is 15.9 Å². The quantitative estimate of drug-likeness (QED) is 0.444. The van der Waals surface area contributed by atoms with Crippen molar-refractivity contribution < 1.29 is 28.4 Å². The van der Waals surface area contributed by atoms with Crippen LogP contribution in [0.1, 0.15) is 25.3 Å². The number of imide groups is 1. The van der Waals surface area contributed by atoms with Crippen LogP contribution < -0.4 is 0 Å². The van der Waals surface area contributed by atoms with Gasteiger partial charge in [0.25, 0.3) is 11.8 Å². The second-order valence-corrected chi connectivity index (χ2v) is 7.91. The molecule has 0 aromatic heterocycles. The molecular weight excluding hydrogens is 389 g/mol. The summed E-state index contributed by atoms with van der Waals surface area (Å²) in [6.45, 7) is 3.32. The Balaban J connectivity index is 2.52. The third kappa shape index (κ3) is 3.41. The van der Waals surface area contributed by atoms with Gasteiger partial charge >= 0.3 is 7.60 Å². The summed E-state index contributed by atoms with van der Waals surface area (Å²) in [5.74, 6) is -2.94. The lowest BCUT2D eigenvalue weighted by atomic mass is 9.97. The number of benzene rings is 1. The zero-order valence-corrected chi connectivity index (χ0v) is 15.1. The van der Waals surface area contributed by atoms with E-state index in [4.69, 9.17) is 9.05 Å². The molecule has 2 rings (SSSR count). The smallest absolute Gasteiger partial charge is 0.308 e. The molecule has 0 spiro atoms. The molecule has 7 nitrogen and oxygen atoms in total.